The standard InChI is InChI=1S/C71H127N2O7P/c1-7-10-13-16-19-22-25-28-30-32-33-34-35-36-37-38-39-41-42-45-48-51-54-57-60-63-70(74)72-68(67-79-81(76,77)78-66-65-73(4,5)6)69(62-59-56-53-50-47-44-27-24-21-18-15-12-9-3)80-71(75)64-61-58-55-52-49-46-43-40-31-29-26-23-20-17-14-11-8-2/h11,14,17,20,23,26,28-31,40,43,46,49,59,62,68-69H,7-10,12-13,15-16,18-19,21-22,24-25,27,32-39,41-42,44-45,47-48,50-58,60-61,63-67H2,1-6H3,(H-,72,74,76,77)/p+1/b14-11-,20-17+,26-23+,30-28+,31-29-,43-40+,49-46+,62-59-. The Morgan fingerprint density at radius 3 is 1.23 bits per heavy atom. The zero-order valence-electron chi connectivity index (χ0n) is 53.5. The van der Waals surface area contributed by atoms with Crippen molar-refractivity contribution in [1.29, 1.82) is 0 Å². The Morgan fingerprint density at radius 2 is 0.802 bits per heavy atom. The summed E-state index contributed by atoms with van der Waals surface area (Å²) in [5, 5.41) is 3.05. The lowest BCUT2D eigenvalue weighted by molar-refractivity contribution is -0.870. The fourth-order valence-electron chi connectivity index (χ4n) is 9.50. The number of phosphoric acid groups is 1. The van der Waals surface area contributed by atoms with Crippen LogP contribution in [0.15, 0.2) is 97.2 Å². The van der Waals surface area contributed by atoms with Crippen LogP contribution in [0.4, 0.5) is 0 Å². The van der Waals surface area contributed by atoms with E-state index in [4.69, 9.17) is 13.8 Å². The zero-order chi connectivity index (χ0) is 59.3. The van der Waals surface area contributed by atoms with Gasteiger partial charge in [-0.25, -0.2) is 4.57 Å². The van der Waals surface area contributed by atoms with E-state index in [0.29, 0.717) is 23.9 Å². The molecule has 0 rings (SSSR count). The molecule has 10 heteroatoms. The lowest BCUT2D eigenvalue weighted by Gasteiger charge is -2.27. The van der Waals surface area contributed by atoms with Gasteiger partial charge in [0.05, 0.1) is 33.8 Å². The number of allylic oxidation sites excluding steroid dienone is 15. The number of carbonyl (C=O) groups is 2. The van der Waals surface area contributed by atoms with Crippen LogP contribution in [0.1, 0.15) is 290 Å². The Hall–Kier alpha value is -3.07. The van der Waals surface area contributed by atoms with Crippen molar-refractivity contribution in [1.82, 2.24) is 5.32 Å². The molecule has 81 heavy (non-hydrogen) atoms. The quantitative estimate of drug-likeness (QED) is 0.0156. The molecule has 0 aromatic carbocycles. The van der Waals surface area contributed by atoms with Gasteiger partial charge >= 0.3 is 13.8 Å². The van der Waals surface area contributed by atoms with E-state index in [1.165, 1.54) is 186 Å². The van der Waals surface area contributed by atoms with Crippen molar-refractivity contribution in [3.8, 4) is 0 Å². The first kappa shape index (κ1) is 77.9. The zero-order valence-corrected chi connectivity index (χ0v) is 54.4. The number of hydrogen-bond donors (Lipinski definition) is 2. The molecule has 0 aromatic heterocycles. The highest BCUT2D eigenvalue weighted by molar-refractivity contribution is 7.47. The van der Waals surface area contributed by atoms with E-state index >= 15 is 0 Å². The summed E-state index contributed by atoms with van der Waals surface area (Å²) in [6.07, 6.45) is 81.3. The van der Waals surface area contributed by atoms with Crippen molar-refractivity contribution in [2.75, 3.05) is 40.9 Å². The normalized spacial score (nSPS) is 14.2. The van der Waals surface area contributed by atoms with Crippen molar-refractivity contribution in [3.63, 3.8) is 0 Å². The van der Waals surface area contributed by atoms with E-state index in [-0.39, 0.29) is 31.5 Å². The van der Waals surface area contributed by atoms with E-state index in [2.05, 4.69) is 50.4 Å². The number of likely N-dealkylation sites (N-methyl/N-ethyl adjacent to an activating group) is 1. The molecule has 0 aliphatic rings. The molecular formula is C71H128N2O7P+. The lowest BCUT2D eigenvalue weighted by atomic mass is 10.0. The Bertz CT molecular complexity index is 1710. The molecule has 0 saturated carbocycles. The monoisotopic (exact) mass is 1150 g/mol. The van der Waals surface area contributed by atoms with Gasteiger partial charge in [-0.05, 0) is 76.7 Å². The molecule has 0 aromatic rings. The van der Waals surface area contributed by atoms with Crippen LogP contribution in [0, 0.1) is 0 Å². The molecule has 0 aliphatic carbocycles. The highest BCUT2D eigenvalue weighted by atomic mass is 31.2. The third-order valence-corrected chi connectivity index (χ3v) is 15.7. The van der Waals surface area contributed by atoms with Gasteiger partial charge in [0.2, 0.25) is 5.91 Å². The number of rotatable bonds is 60. The SMILES string of the molecule is CC\C=C/C=C/C=C/C=C\C=C\C=C\CCCCCC(=O)OC(/C=C\CCCCCCCCCCCCC)C(COP(=O)(O)OCC[N+](C)(C)C)NC(=O)CCCCCCCCCCCCCCCCC/C=C/CCCCCCCC. The number of quaternary nitrogens is 1. The van der Waals surface area contributed by atoms with E-state index in [0.717, 1.165) is 64.2 Å². The van der Waals surface area contributed by atoms with E-state index < -0.39 is 20.0 Å². The maximum atomic E-state index is 13.6. The Labute approximate surface area is 500 Å². The summed E-state index contributed by atoms with van der Waals surface area (Å²) in [5.74, 6) is -0.553. The van der Waals surface area contributed by atoms with Crippen molar-refractivity contribution < 1.29 is 37.3 Å². The molecule has 0 spiro atoms. The number of phosphoric ester groups is 1. The smallest absolute Gasteiger partial charge is 0.456 e. The number of hydrogen-bond acceptors (Lipinski definition) is 6. The second-order valence-electron chi connectivity index (χ2n) is 23.8. The molecule has 0 radical (unpaired) electrons. The molecule has 2 N–H and O–H groups in total. The van der Waals surface area contributed by atoms with Gasteiger partial charge < -0.3 is 19.4 Å². The van der Waals surface area contributed by atoms with Crippen LogP contribution in [0.3, 0.4) is 0 Å². The van der Waals surface area contributed by atoms with E-state index in [1.807, 2.05) is 94.1 Å². The van der Waals surface area contributed by atoms with Gasteiger partial charge in [-0.15, -0.1) is 0 Å². The molecule has 0 fully saturated rings. The number of unbranched alkanes of at least 4 members (excludes halogenated alkanes) is 35. The third kappa shape index (κ3) is 61.3. The van der Waals surface area contributed by atoms with Crippen molar-refractivity contribution >= 4 is 19.7 Å². The van der Waals surface area contributed by atoms with Gasteiger partial charge in [-0.1, -0.05) is 298 Å². The highest BCUT2D eigenvalue weighted by Gasteiger charge is 2.30. The van der Waals surface area contributed by atoms with Crippen molar-refractivity contribution in [3.05, 3.63) is 97.2 Å². The summed E-state index contributed by atoms with van der Waals surface area (Å²) in [6.45, 7) is 6.85. The van der Waals surface area contributed by atoms with Gasteiger partial charge in [0.15, 0.2) is 0 Å². The minimum absolute atomic E-state index is 0.0291. The summed E-state index contributed by atoms with van der Waals surface area (Å²) < 4.78 is 30.7. The van der Waals surface area contributed by atoms with Gasteiger partial charge in [0.1, 0.15) is 19.3 Å². The van der Waals surface area contributed by atoms with Gasteiger partial charge in [0, 0.05) is 12.8 Å². The predicted molar refractivity (Wildman–Crippen MR) is 350 cm³/mol. The summed E-state index contributed by atoms with van der Waals surface area (Å²) in [7, 11) is 1.46. The first-order valence-electron chi connectivity index (χ1n) is 33.6. The van der Waals surface area contributed by atoms with Crippen LogP contribution in [-0.4, -0.2) is 74.3 Å². The van der Waals surface area contributed by atoms with Gasteiger partial charge in [-0.3, -0.25) is 18.6 Å². The van der Waals surface area contributed by atoms with Gasteiger partial charge in [0.25, 0.3) is 0 Å². The molecule has 3 unspecified atom stereocenters. The average molecular weight is 1150 g/mol. The van der Waals surface area contributed by atoms with Crippen LogP contribution in [-0.2, 0) is 27.9 Å². The molecule has 9 nitrogen and oxygen atoms in total. The summed E-state index contributed by atoms with van der Waals surface area (Å²) in [4.78, 5) is 37.8. The maximum absolute atomic E-state index is 13.6. The minimum Gasteiger partial charge on any atom is -0.456 e. The molecule has 1 amide bonds. The molecule has 3 atom stereocenters. The molecule has 468 valence electrons. The largest absolute Gasteiger partial charge is 0.472 e. The van der Waals surface area contributed by atoms with Crippen LogP contribution in [0.5, 0.6) is 0 Å². The highest BCUT2D eigenvalue weighted by Crippen LogP contribution is 2.43. The van der Waals surface area contributed by atoms with Crippen molar-refractivity contribution in [2.45, 2.75) is 303 Å². The first-order valence-corrected chi connectivity index (χ1v) is 35.1. The van der Waals surface area contributed by atoms with Crippen LogP contribution in [0.2, 0.25) is 0 Å². The Balaban J connectivity index is 5.18. The third-order valence-electron chi connectivity index (χ3n) is 14.7. The summed E-state index contributed by atoms with van der Waals surface area (Å²) >= 11 is 0. The second kappa shape index (κ2) is 60.1. The number of nitrogens with zero attached hydrogens (tertiary/aromatic N) is 1. The molecule has 0 saturated heterocycles. The molecular weight excluding hydrogens is 1020 g/mol. The number of ether oxygens (including phenoxy) is 1. The Morgan fingerprint density at radius 1 is 0.444 bits per heavy atom. The van der Waals surface area contributed by atoms with Crippen LogP contribution < -0.4 is 5.32 Å². The fraction of sp³-hybridized carbons (Fsp3) is 0.746. The average Bonchev–Trinajstić information content (AvgIpc) is 3.44. The number of carbonyl (C=O) groups excluding carboxylic acids is 2. The Kier molecular flexibility index (Phi) is 57.8. The topological polar surface area (TPSA) is 111 Å². The predicted octanol–water partition coefficient (Wildman–Crippen LogP) is 21.1. The van der Waals surface area contributed by atoms with Crippen molar-refractivity contribution in [2.24, 2.45) is 0 Å². The summed E-state index contributed by atoms with van der Waals surface area (Å²) in [5.41, 5.74) is 0. The summed E-state index contributed by atoms with van der Waals surface area (Å²) in [6, 6.07) is -0.872. The van der Waals surface area contributed by atoms with E-state index in [1.54, 1.807) is 0 Å². The van der Waals surface area contributed by atoms with Gasteiger partial charge in [-0.2, -0.15) is 0 Å². The number of esters is 1. The maximum Gasteiger partial charge on any atom is 0.472 e. The fourth-order valence-corrected chi connectivity index (χ4v) is 10.2. The molecule has 0 heterocycles. The van der Waals surface area contributed by atoms with Crippen LogP contribution >= 0.6 is 7.82 Å². The second-order valence-corrected chi connectivity index (χ2v) is 25.2. The molecule has 0 bridgehead atoms. The minimum atomic E-state index is -4.47. The van der Waals surface area contributed by atoms with Crippen LogP contribution in [0.25, 0.3) is 0 Å². The molecule has 0 aliphatic heterocycles. The first-order chi connectivity index (χ1) is 39.4. The van der Waals surface area contributed by atoms with E-state index in [9.17, 15) is 19.0 Å². The lowest BCUT2D eigenvalue weighted by Crippen LogP contribution is -2.47. The number of nitrogens with one attached hydrogen (secondary N) is 1. The number of amides is 1.